The minimum absolute atomic E-state index is 0.00215. The molecule has 0 aliphatic carbocycles. The molecule has 3 N–H and O–H groups in total. The molecule has 0 spiro atoms. The van der Waals surface area contributed by atoms with Gasteiger partial charge in [0.25, 0.3) is 10.2 Å². The Morgan fingerprint density at radius 2 is 1.86 bits per heavy atom. The summed E-state index contributed by atoms with van der Waals surface area (Å²) in [6.07, 6.45) is 0. The first-order chi connectivity index (χ1) is 6.64. The maximum Gasteiger partial charge on any atom is 0.299 e. The van der Waals surface area contributed by atoms with Gasteiger partial charge in [0, 0.05) is 12.2 Å². The highest BCUT2D eigenvalue weighted by molar-refractivity contribution is 7.90. The van der Waals surface area contributed by atoms with Crippen molar-refractivity contribution in [2.24, 2.45) is 0 Å². The van der Waals surface area contributed by atoms with E-state index in [-0.39, 0.29) is 13.2 Å². The van der Waals surface area contributed by atoms with E-state index in [0.29, 0.717) is 5.69 Å². The average Bonchev–Trinajstić information content (AvgIpc) is 2.16. The number of para-hydroxylation sites is 1. The summed E-state index contributed by atoms with van der Waals surface area (Å²) < 4.78 is 26.9. The summed E-state index contributed by atoms with van der Waals surface area (Å²) >= 11 is 0. The Bertz CT molecular complexity index is 363. The molecule has 0 bridgehead atoms. The Labute approximate surface area is 83.0 Å². The second-order valence-corrected chi connectivity index (χ2v) is 4.09. The third-order valence-corrected chi connectivity index (χ3v) is 2.52. The van der Waals surface area contributed by atoms with Crippen molar-refractivity contribution in [2.75, 3.05) is 17.9 Å². The van der Waals surface area contributed by atoms with Crippen LogP contribution in [-0.2, 0) is 10.2 Å². The van der Waals surface area contributed by atoms with Crippen molar-refractivity contribution in [1.82, 2.24) is 4.72 Å². The van der Waals surface area contributed by atoms with Gasteiger partial charge in [-0.05, 0) is 12.1 Å². The molecule has 0 aromatic heterocycles. The standard InChI is InChI=1S/C8H12N2O3S/c11-7-6-9-14(12,13)10-8-4-2-1-3-5-8/h1-5,9-11H,6-7H2. The molecular weight excluding hydrogens is 204 g/mol. The zero-order valence-electron chi connectivity index (χ0n) is 7.47. The quantitative estimate of drug-likeness (QED) is 0.644. The lowest BCUT2D eigenvalue weighted by atomic mass is 10.3. The number of aliphatic hydroxyl groups is 1. The second kappa shape index (κ2) is 4.94. The molecule has 0 fully saturated rings. The van der Waals surface area contributed by atoms with Crippen molar-refractivity contribution in [1.29, 1.82) is 0 Å². The van der Waals surface area contributed by atoms with Crippen LogP contribution in [0.4, 0.5) is 5.69 Å². The van der Waals surface area contributed by atoms with Gasteiger partial charge < -0.3 is 5.11 Å². The fourth-order valence-electron chi connectivity index (χ4n) is 0.877. The largest absolute Gasteiger partial charge is 0.395 e. The monoisotopic (exact) mass is 216 g/mol. The number of hydrogen-bond donors (Lipinski definition) is 3. The van der Waals surface area contributed by atoms with Gasteiger partial charge in [-0.1, -0.05) is 18.2 Å². The lowest BCUT2D eigenvalue weighted by molar-refractivity contribution is 0.301. The highest BCUT2D eigenvalue weighted by Crippen LogP contribution is 2.06. The maximum atomic E-state index is 11.2. The number of anilines is 1. The minimum atomic E-state index is -3.56. The molecule has 0 saturated carbocycles. The van der Waals surface area contributed by atoms with Crippen molar-refractivity contribution < 1.29 is 13.5 Å². The summed E-state index contributed by atoms with van der Waals surface area (Å²) in [5.41, 5.74) is 0.484. The first-order valence-corrected chi connectivity index (χ1v) is 5.56. The van der Waals surface area contributed by atoms with E-state index in [9.17, 15) is 8.42 Å². The Kier molecular flexibility index (Phi) is 3.87. The Morgan fingerprint density at radius 1 is 1.21 bits per heavy atom. The second-order valence-electron chi connectivity index (χ2n) is 2.59. The van der Waals surface area contributed by atoms with Gasteiger partial charge >= 0.3 is 0 Å². The molecule has 1 aromatic carbocycles. The van der Waals surface area contributed by atoms with Gasteiger partial charge in [-0.25, -0.2) is 0 Å². The summed E-state index contributed by atoms with van der Waals surface area (Å²) in [6.45, 7) is -0.224. The van der Waals surface area contributed by atoms with Crippen molar-refractivity contribution in [3.8, 4) is 0 Å². The molecule has 0 aliphatic rings. The predicted molar refractivity (Wildman–Crippen MR) is 54.1 cm³/mol. The highest BCUT2D eigenvalue weighted by atomic mass is 32.2. The molecule has 78 valence electrons. The number of benzene rings is 1. The maximum absolute atomic E-state index is 11.2. The predicted octanol–water partition coefficient (Wildman–Crippen LogP) is -0.0748. The third kappa shape index (κ3) is 3.73. The van der Waals surface area contributed by atoms with Crippen molar-refractivity contribution in [3.05, 3.63) is 30.3 Å². The van der Waals surface area contributed by atoms with Crippen LogP contribution in [0.3, 0.4) is 0 Å². The lowest BCUT2D eigenvalue weighted by Crippen LogP contribution is -2.32. The first kappa shape index (κ1) is 11.0. The SMILES string of the molecule is O=S(=O)(NCCO)Nc1ccccc1. The van der Waals surface area contributed by atoms with Crippen LogP contribution in [0.15, 0.2) is 30.3 Å². The molecule has 0 atom stereocenters. The van der Waals surface area contributed by atoms with E-state index in [4.69, 9.17) is 5.11 Å². The summed E-state index contributed by atoms with van der Waals surface area (Å²) in [7, 11) is -3.56. The molecule has 6 heteroatoms. The van der Waals surface area contributed by atoms with Crippen LogP contribution in [-0.4, -0.2) is 26.7 Å². The zero-order chi connectivity index (χ0) is 10.4. The molecule has 0 amide bonds. The highest BCUT2D eigenvalue weighted by Gasteiger charge is 2.07. The molecule has 5 nitrogen and oxygen atoms in total. The topological polar surface area (TPSA) is 78.4 Å². The van der Waals surface area contributed by atoms with Crippen molar-refractivity contribution >= 4 is 15.9 Å². The summed E-state index contributed by atoms with van der Waals surface area (Å²) in [6, 6.07) is 8.52. The van der Waals surface area contributed by atoms with Crippen molar-refractivity contribution in [3.63, 3.8) is 0 Å². The van der Waals surface area contributed by atoms with E-state index >= 15 is 0 Å². The summed E-state index contributed by atoms with van der Waals surface area (Å²) in [5, 5.41) is 8.44. The van der Waals surface area contributed by atoms with Gasteiger partial charge in [0.15, 0.2) is 0 Å². The molecule has 14 heavy (non-hydrogen) atoms. The van der Waals surface area contributed by atoms with Gasteiger partial charge in [-0.3, -0.25) is 4.72 Å². The minimum Gasteiger partial charge on any atom is -0.395 e. The van der Waals surface area contributed by atoms with Crippen LogP contribution < -0.4 is 9.44 Å². The normalized spacial score (nSPS) is 11.2. The number of rotatable bonds is 5. The summed E-state index contributed by atoms with van der Waals surface area (Å²) in [5.74, 6) is 0. The van der Waals surface area contributed by atoms with E-state index in [1.54, 1.807) is 30.3 Å². The van der Waals surface area contributed by atoms with Crippen LogP contribution in [0.5, 0.6) is 0 Å². The zero-order valence-corrected chi connectivity index (χ0v) is 8.29. The van der Waals surface area contributed by atoms with Crippen LogP contribution in [0.25, 0.3) is 0 Å². The van der Waals surface area contributed by atoms with E-state index < -0.39 is 10.2 Å². The molecule has 0 unspecified atom stereocenters. The van der Waals surface area contributed by atoms with Crippen LogP contribution in [0.2, 0.25) is 0 Å². The Balaban J connectivity index is 2.60. The molecule has 0 radical (unpaired) electrons. The molecule has 0 aliphatic heterocycles. The number of hydrogen-bond acceptors (Lipinski definition) is 3. The Morgan fingerprint density at radius 3 is 2.43 bits per heavy atom. The van der Waals surface area contributed by atoms with E-state index in [0.717, 1.165) is 0 Å². The third-order valence-electron chi connectivity index (χ3n) is 1.43. The summed E-state index contributed by atoms with van der Waals surface area (Å²) in [4.78, 5) is 0. The van der Waals surface area contributed by atoms with Gasteiger partial charge in [0.05, 0.1) is 6.61 Å². The lowest BCUT2D eigenvalue weighted by Gasteiger charge is -2.07. The van der Waals surface area contributed by atoms with E-state index in [2.05, 4.69) is 9.44 Å². The van der Waals surface area contributed by atoms with Crippen LogP contribution in [0, 0.1) is 0 Å². The van der Waals surface area contributed by atoms with E-state index in [1.165, 1.54) is 0 Å². The number of nitrogens with one attached hydrogen (secondary N) is 2. The fourth-order valence-corrected chi connectivity index (χ4v) is 1.76. The average molecular weight is 216 g/mol. The van der Waals surface area contributed by atoms with Gasteiger partial charge in [0.1, 0.15) is 0 Å². The van der Waals surface area contributed by atoms with Gasteiger partial charge in [0.2, 0.25) is 0 Å². The molecule has 1 rings (SSSR count). The molecule has 0 heterocycles. The molecule has 0 saturated heterocycles. The van der Waals surface area contributed by atoms with Crippen molar-refractivity contribution in [2.45, 2.75) is 0 Å². The van der Waals surface area contributed by atoms with Crippen LogP contribution >= 0.6 is 0 Å². The fraction of sp³-hybridized carbons (Fsp3) is 0.250. The Hall–Kier alpha value is -1.11. The molecular formula is C8H12N2O3S. The van der Waals surface area contributed by atoms with Gasteiger partial charge in [-0.15, -0.1) is 0 Å². The first-order valence-electron chi connectivity index (χ1n) is 4.07. The van der Waals surface area contributed by atoms with Gasteiger partial charge in [-0.2, -0.15) is 13.1 Å². The van der Waals surface area contributed by atoms with E-state index in [1.807, 2.05) is 0 Å². The molecule has 1 aromatic rings. The van der Waals surface area contributed by atoms with Crippen LogP contribution in [0.1, 0.15) is 0 Å². The smallest absolute Gasteiger partial charge is 0.299 e. The number of aliphatic hydroxyl groups excluding tert-OH is 1.